The molecule has 1 N–H and O–H groups in total. The summed E-state index contributed by atoms with van der Waals surface area (Å²) < 4.78 is 50.3. The molecule has 1 saturated heterocycles. The van der Waals surface area contributed by atoms with Crippen LogP contribution in [0.15, 0.2) is 72.8 Å². The Kier molecular flexibility index (Phi) is 10.1. The molecule has 2 aliphatic rings. The number of piperidine rings is 1. The number of sulfone groups is 1. The first-order valence-corrected chi connectivity index (χ1v) is 16.4. The number of nitrogens with zero attached hydrogens (tertiary/aromatic N) is 1. The first-order valence-electron chi connectivity index (χ1n) is 14.7. The summed E-state index contributed by atoms with van der Waals surface area (Å²) in [5.41, 5.74) is 3.96. The molecule has 0 radical (unpaired) electrons. The van der Waals surface area contributed by atoms with Gasteiger partial charge in [-0.05, 0) is 60.7 Å². The van der Waals surface area contributed by atoms with E-state index in [4.69, 9.17) is 18.9 Å². The maximum atomic E-state index is 13.5. The molecule has 0 bridgehead atoms. The van der Waals surface area contributed by atoms with E-state index in [-0.39, 0.29) is 23.9 Å². The minimum absolute atomic E-state index is 0.000837. The van der Waals surface area contributed by atoms with Gasteiger partial charge in [-0.25, -0.2) is 8.42 Å². The highest BCUT2D eigenvalue weighted by Gasteiger charge is 2.39. The molecular formula is C33H42N2O6S. The Morgan fingerprint density at radius 3 is 2.57 bits per heavy atom. The van der Waals surface area contributed by atoms with E-state index in [1.807, 2.05) is 60.7 Å². The number of fused-ring (bicyclic) bond motifs is 1. The Morgan fingerprint density at radius 2 is 1.83 bits per heavy atom. The van der Waals surface area contributed by atoms with Crippen molar-refractivity contribution in [1.82, 2.24) is 5.32 Å². The number of anilines is 1. The summed E-state index contributed by atoms with van der Waals surface area (Å²) in [6.45, 7) is 5.60. The van der Waals surface area contributed by atoms with Crippen molar-refractivity contribution >= 4 is 15.5 Å². The van der Waals surface area contributed by atoms with Crippen LogP contribution in [0, 0.1) is 0 Å². The van der Waals surface area contributed by atoms with Gasteiger partial charge in [0.25, 0.3) is 0 Å². The molecule has 9 heteroatoms. The van der Waals surface area contributed by atoms with Gasteiger partial charge in [0.1, 0.15) is 23.5 Å². The van der Waals surface area contributed by atoms with Crippen molar-refractivity contribution < 1.29 is 27.4 Å². The molecule has 0 aromatic heterocycles. The van der Waals surface area contributed by atoms with Gasteiger partial charge < -0.3 is 23.8 Å². The summed E-state index contributed by atoms with van der Waals surface area (Å²) in [5, 5.41) is 2.65. The third kappa shape index (κ3) is 7.26. The predicted molar refractivity (Wildman–Crippen MR) is 165 cm³/mol. The van der Waals surface area contributed by atoms with Crippen LogP contribution in [0.2, 0.25) is 0 Å². The van der Waals surface area contributed by atoms with Crippen molar-refractivity contribution in [3.05, 3.63) is 89.5 Å². The van der Waals surface area contributed by atoms with Crippen LogP contribution in [0.4, 0.5) is 5.69 Å². The quantitative estimate of drug-likeness (QED) is 0.290. The summed E-state index contributed by atoms with van der Waals surface area (Å²) in [4.78, 5) is 2.35. The van der Waals surface area contributed by atoms with Crippen LogP contribution < -0.4 is 19.7 Å². The van der Waals surface area contributed by atoms with Crippen molar-refractivity contribution in [3.8, 4) is 11.5 Å². The lowest BCUT2D eigenvalue weighted by atomic mass is 9.87. The van der Waals surface area contributed by atoms with E-state index in [9.17, 15) is 8.42 Å². The highest BCUT2D eigenvalue weighted by molar-refractivity contribution is 7.91. The second-order valence-electron chi connectivity index (χ2n) is 11.0. The second kappa shape index (κ2) is 13.9. The molecular weight excluding hydrogens is 552 g/mol. The molecule has 8 nitrogen and oxygen atoms in total. The number of benzene rings is 3. The summed E-state index contributed by atoms with van der Waals surface area (Å²) in [6.07, 6.45) is 0.937. The third-order valence-corrected chi connectivity index (χ3v) is 10.2. The first-order chi connectivity index (χ1) is 20.4. The molecule has 5 rings (SSSR count). The Labute approximate surface area is 249 Å². The lowest BCUT2D eigenvalue weighted by Gasteiger charge is -2.38. The Bertz CT molecular complexity index is 1400. The molecule has 0 aliphatic carbocycles. The number of hydrogen-bond donors (Lipinski definition) is 1. The van der Waals surface area contributed by atoms with Crippen LogP contribution in [-0.4, -0.2) is 67.0 Å². The van der Waals surface area contributed by atoms with Crippen molar-refractivity contribution in [2.24, 2.45) is 0 Å². The van der Waals surface area contributed by atoms with Crippen LogP contribution in [0.5, 0.6) is 11.5 Å². The molecule has 0 amide bonds. The van der Waals surface area contributed by atoms with Gasteiger partial charge in [0.15, 0.2) is 9.84 Å². The monoisotopic (exact) mass is 594 g/mol. The van der Waals surface area contributed by atoms with Crippen LogP contribution in [0.3, 0.4) is 0 Å². The Balaban J connectivity index is 1.35. The zero-order valence-corrected chi connectivity index (χ0v) is 25.5. The van der Waals surface area contributed by atoms with Crippen LogP contribution in [0.25, 0.3) is 0 Å². The predicted octanol–water partition coefficient (Wildman–Crippen LogP) is 5.09. The molecule has 2 heterocycles. The fraction of sp³-hybridized carbons (Fsp3) is 0.455. The van der Waals surface area contributed by atoms with Crippen molar-refractivity contribution in [2.45, 2.75) is 49.0 Å². The smallest absolute Gasteiger partial charge is 0.170 e. The largest absolute Gasteiger partial charge is 0.497 e. The summed E-state index contributed by atoms with van der Waals surface area (Å²) in [6, 6.07) is 23.5. The van der Waals surface area contributed by atoms with Crippen molar-refractivity contribution in [1.29, 1.82) is 0 Å². The van der Waals surface area contributed by atoms with Gasteiger partial charge in [-0.15, -0.1) is 0 Å². The lowest BCUT2D eigenvalue weighted by molar-refractivity contribution is -0.0291. The number of hydrogen-bond acceptors (Lipinski definition) is 8. The average molecular weight is 595 g/mol. The molecule has 42 heavy (non-hydrogen) atoms. The molecule has 3 aromatic carbocycles. The first kappa shape index (κ1) is 30.4. The zero-order valence-electron chi connectivity index (χ0n) is 24.7. The standard InChI is InChI=1S/C33H42N2O6S/c1-24(27-12-15-31-30(20-27)35(17-19-40-31)16-7-18-38-2)41-32-22-34-33(42(36,37)23-25-8-5-4-6-9-25)21-29(32)26-10-13-28(39-3)14-11-26/h4-6,8-15,20,24,29,32-34H,7,16-19,21-23H2,1-3H3/t24?,29-,32+,33+/m1/s1. The van der Waals surface area contributed by atoms with Gasteiger partial charge in [0.2, 0.25) is 0 Å². The zero-order chi connectivity index (χ0) is 29.5. The van der Waals surface area contributed by atoms with Gasteiger partial charge in [0, 0.05) is 32.7 Å². The van der Waals surface area contributed by atoms with E-state index in [1.165, 1.54) is 0 Å². The molecule has 3 aromatic rings. The molecule has 4 atom stereocenters. The topological polar surface area (TPSA) is 86.3 Å². The Morgan fingerprint density at radius 1 is 1.05 bits per heavy atom. The third-order valence-electron chi connectivity index (χ3n) is 8.22. The summed E-state index contributed by atoms with van der Waals surface area (Å²) in [7, 11) is -0.0727. The van der Waals surface area contributed by atoms with Gasteiger partial charge in [-0.2, -0.15) is 0 Å². The van der Waals surface area contributed by atoms with Gasteiger partial charge >= 0.3 is 0 Å². The van der Waals surface area contributed by atoms with E-state index < -0.39 is 15.2 Å². The molecule has 0 saturated carbocycles. The number of methoxy groups -OCH3 is 2. The number of nitrogens with one attached hydrogen (secondary N) is 1. The van der Waals surface area contributed by atoms with E-state index in [0.29, 0.717) is 19.6 Å². The molecule has 2 aliphatic heterocycles. The highest BCUT2D eigenvalue weighted by atomic mass is 32.2. The van der Waals surface area contributed by atoms with E-state index in [0.717, 1.165) is 60.0 Å². The lowest BCUT2D eigenvalue weighted by Crippen LogP contribution is -2.50. The SMILES string of the molecule is COCCCN1CCOc2ccc(C(C)O[C@H]3CN[C@@H](S(=O)(=O)Cc4ccccc4)C[C@@H]3c3ccc(OC)cc3)cc21. The van der Waals surface area contributed by atoms with Crippen LogP contribution >= 0.6 is 0 Å². The minimum atomic E-state index is -3.44. The normalized spacial score (nSPS) is 21.3. The Hall–Kier alpha value is -3.11. The maximum Gasteiger partial charge on any atom is 0.170 e. The average Bonchev–Trinajstić information content (AvgIpc) is 3.01. The fourth-order valence-corrected chi connectivity index (χ4v) is 7.61. The van der Waals surface area contributed by atoms with E-state index >= 15 is 0 Å². The second-order valence-corrected chi connectivity index (χ2v) is 13.2. The van der Waals surface area contributed by atoms with E-state index in [2.05, 4.69) is 29.3 Å². The van der Waals surface area contributed by atoms with Crippen molar-refractivity contribution in [2.75, 3.05) is 52.0 Å². The van der Waals surface area contributed by atoms with Crippen LogP contribution in [-0.2, 0) is 25.1 Å². The van der Waals surface area contributed by atoms with E-state index in [1.54, 1.807) is 14.2 Å². The highest BCUT2D eigenvalue weighted by Crippen LogP contribution is 2.38. The van der Waals surface area contributed by atoms with Crippen LogP contribution in [0.1, 0.15) is 48.5 Å². The minimum Gasteiger partial charge on any atom is -0.497 e. The number of rotatable bonds is 12. The van der Waals surface area contributed by atoms with Gasteiger partial charge in [-0.1, -0.05) is 48.5 Å². The summed E-state index contributed by atoms with van der Waals surface area (Å²) >= 11 is 0. The maximum absolute atomic E-state index is 13.5. The molecule has 1 fully saturated rings. The fourth-order valence-electron chi connectivity index (χ4n) is 5.90. The summed E-state index contributed by atoms with van der Waals surface area (Å²) in [5.74, 6) is 1.54. The molecule has 0 spiro atoms. The number of ether oxygens (including phenoxy) is 4. The van der Waals surface area contributed by atoms with Crippen molar-refractivity contribution in [3.63, 3.8) is 0 Å². The molecule has 1 unspecified atom stereocenters. The van der Waals surface area contributed by atoms with Gasteiger partial charge in [0.05, 0.1) is 37.3 Å². The molecule has 226 valence electrons. The van der Waals surface area contributed by atoms with Gasteiger partial charge in [-0.3, -0.25) is 5.32 Å².